The molecule has 166 valence electrons. The molecule has 0 aliphatic carbocycles. The summed E-state index contributed by atoms with van der Waals surface area (Å²) >= 11 is 0. The summed E-state index contributed by atoms with van der Waals surface area (Å²) in [6, 6.07) is 23.1. The summed E-state index contributed by atoms with van der Waals surface area (Å²) in [7, 11) is 0. The lowest BCUT2D eigenvalue weighted by Crippen LogP contribution is -2.13. The molecule has 0 radical (unpaired) electrons. The van der Waals surface area contributed by atoms with Crippen LogP contribution in [0.2, 0.25) is 0 Å². The van der Waals surface area contributed by atoms with Gasteiger partial charge in [-0.2, -0.15) is 0 Å². The zero-order chi connectivity index (χ0) is 23.3. The molecular formula is C30H26N4. The monoisotopic (exact) mass is 442 g/mol. The average molecular weight is 443 g/mol. The van der Waals surface area contributed by atoms with Crippen molar-refractivity contribution in [3.05, 3.63) is 95.1 Å². The Hall–Kier alpha value is -4.18. The van der Waals surface area contributed by atoms with Gasteiger partial charge in [0.1, 0.15) is 0 Å². The Morgan fingerprint density at radius 3 is 1.94 bits per heavy atom. The van der Waals surface area contributed by atoms with Gasteiger partial charge in [-0.05, 0) is 71.7 Å². The van der Waals surface area contributed by atoms with Crippen LogP contribution in [-0.4, -0.2) is 19.9 Å². The van der Waals surface area contributed by atoms with Gasteiger partial charge in [0.25, 0.3) is 0 Å². The quantitative estimate of drug-likeness (QED) is 0.275. The van der Waals surface area contributed by atoms with Gasteiger partial charge in [0.15, 0.2) is 0 Å². The lowest BCUT2D eigenvalue weighted by molar-refractivity contribution is 0.591. The van der Waals surface area contributed by atoms with Crippen molar-refractivity contribution >= 4 is 46.4 Å². The van der Waals surface area contributed by atoms with Crippen molar-refractivity contribution in [2.24, 2.45) is 0 Å². The summed E-state index contributed by atoms with van der Waals surface area (Å²) in [5, 5.41) is 0. The predicted octanol–water partition coefficient (Wildman–Crippen LogP) is 7.62. The van der Waals surface area contributed by atoms with E-state index in [0.717, 1.165) is 56.0 Å². The van der Waals surface area contributed by atoms with E-state index in [9.17, 15) is 0 Å². The van der Waals surface area contributed by atoms with E-state index in [4.69, 9.17) is 9.97 Å². The molecule has 1 aromatic carbocycles. The Labute approximate surface area is 198 Å². The molecule has 0 amide bonds. The zero-order valence-corrected chi connectivity index (χ0v) is 19.6. The van der Waals surface area contributed by atoms with E-state index >= 15 is 0 Å². The Bertz CT molecular complexity index is 1620. The molecule has 3 aromatic heterocycles. The summed E-state index contributed by atoms with van der Waals surface area (Å²) in [5.74, 6) is 0. The maximum absolute atomic E-state index is 4.97. The average Bonchev–Trinajstić information content (AvgIpc) is 3.59. The van der Waals surface area contributed by atoms with Crippen LogP contribution < -0.4 is 0 Å². The molecule has 4 aromatic rings. The molecule has 4 nitrogen and oxygen atoms in total. The molecule has 0 atom stereocenters. The number of nitrogens with zero attached hydrogens (tertiary/aromatic N) is 2. The molecule has 34 heavy (non-hydrogen) atoms. The molecule has 2 aliphatic heterocycles. The van der Waals surface area contributed by atoms with Crippen molar-refractivity contribution in [3.8, 4) is 11.1 Å². The number of benzene rings is 1. The molecule has 0 saturated carbocycles. The second-order valence-corrected chi connectivity index (χ2v) is 9.82. The van der Waals surface area contributed by atoms with Gasteiger partial charge in [-0.3, -0.25) is 0 Å². The Kier molecular flexibility index (Phi) is 4.63. The first-order chi connectivity index (χ1) is 16.4. The number of nitrogens with one attached hydrogen (secondary N) is 2. The smallest absolute Gasteiger partial charge is 0.0736 e. The first kappa shape index (κ1) is 20.4. The van der Waals surface area contributed by atoms with E-state index in [0.29, 0.717) is 0 Å². The molecule has 4 heteroatoms. The van der Waals surface area contributed by atoms with Crippen LogP contribution in [0.5, 0.6) is 0 Å². The number of fused-ring (bicyclic) bond motifs is 8. The number of aromatic nitrogens is 4. The minimum Gasteiger partial charge on any atom is -0.355 e. The molecule has 2 N–H and O–H groups in total. The third kappa shape index (κ3) is 3.67. The minimum atomic E-state index is -0.0724. The van der Waals surface area contributed by atoms with E-state index < -0.39 is 0 Å². The first-order valence-electron chi connectivity index (χ1n) is 11.6. The molecule has 0 fully saturated rings. The fourth-order valence-electron chi connectivity index (χ4n) is 4.77. The Balaban J connectivity index is 1.74. The number of rotatable bonds is 1. The van der Waals surface area contributed by atoms with Crippen molar-refractivity contribution in [3.63, 3.8) is 0 Å². The van der Waals surface area contributed by atoms with Crippen LogP contribution in [-0.2, 0) is 5.41 Å². The Morgan fingerprint density at radius 2 is 1.24 bits per heavy atom. The zero-order valence-electron chi connectivity index (χ0n) is 19.6. The topological polar surface area (TPSA) is 57.4 Å². The maximum Gasteiger partial charge on any atom is 0.0736 e. The molecule has 5 heterocycles. The number of hydrogen-bond acceptors (Lipinski definition) is 2. The van der Waals surface area contributed by atoms with Gasteiger partial charge in [0.2, 0.25) is 0 Å². The van der Waals surface area contributed by atoms with Gasteiger partial charge in [-0.25, -0.2) is 9.97 Å². The van der Waals surface area contributed by atoms with Gasteiger partial charge in [0.05, 0.1) is 22.8 Å². The summed E-state index contributed by atoms with van der Waals surface area (Å²) in [6.07, 6.45) is 8.33. The first-order valence-corrected chi connectivity index (χ1v) is 11.6. The second kappa shape index (κ2) is 7.70. The highest BCUT2D eigenvalue weighted by atomic mass is 14.8. The third-order valence-corrected chi connectivity index (χ3v) is 6.21. The van der Waals surface area contributed by atoms with Crippen molar-refractivity contribution in [2.45, 2.75) is 26.2 Å². The molecule has 0 saturated heterocycles. The van der Waals surface area contributed by atoms with Gasteiger partial charge >= 0.3 is 0 Å². The van der Waals surface area contributed by atoms with Gasteiger partial charge in [0, 0.05) is 33.2 Å². The largest absolute Gasteiger partial charge is 0.355 e. The van der Waals surface area contributed by atoms with Crippen molar-refractivity contribution < 1.29 is 0 Å². The standard InChI is InChI=1S/C30H26N4/c1-30(2,3)29-26-15-11-22(33-26)17-20-9-13-24(31-20)28(19-7-5-4-6-8-19)25-14-10-21(32-25)18-23-12-16-27(29)34-23/h4-18,31,33H,1-3H3. The SMILES string of the molecule is CC(C)(C)c1c2nc(cc3nc(c(-c4ccccc4)c4ccc(cc5ccc1[nH]5)[nH]4)C=C3)C=C2. The minimum absolute atomic E-state index is 0.0724. The van der Waals surface area contributed by atoms with E-state index in [2.05, 4.69) is 116 Å². The fraction of sp³-hybridized carbons (Fsp3) is 0.133. The predicted molar refractivity (Wildman–Crippen MR) is 143 cm³/mol. The summed E-state index contributed by atoms with van der Waals surface area (Å²) in [6.45, 7) is 6.69. The van der Waals surface area contributed by atoms with E-state index in [-0.39, 0.29) is 5.41 Å². The van der Waals surface area contributed by atoms with Crippen LogP contribution in [0.1, 0.15) is 49.1 Å². The van der Waals surface area contributed by atoms with Crippen molar-refractivity contribution in [2.75, 3.05) is 0 Å². The normalized spacial score (nSPS) is 12.9. The highest BCUT2D eigenvalue weighted by Crippen LogP contribution is 2.32. The van der Waals surface area contributed by atoms with Crippen LogP contribution in [0.3, 0.4) is 0 Å². The van der Waals surface area contributed by atoms with Gasteiger partial charge in [-0.1, -0.05) is 51.1 Å². The van der Waals surface area contributed by atoms with Gasteiger partial charge < -0.3 is 9.97 Å². The molecular weight excluding hydrogens is 416 g/mol. The second-order valence-electron chi connectivity index (χ2n) is 9.82. The highest BCUT2D eigenvalue weighted by Gasteiger charge is 2.21. The maximum atomic E-state index is 4.97. The lowest BCUT2D eigenvalue weighted by atomic mass is 9.85. The summed E-state index contributed by atoms with van der Waals surface area (Å²) in [5.41, 5.74) is 11.3. The molecule has 8 bridgehead atoms. The number of aromatic amines is 2. The molecule has 6 rings (SSSR count). The highest BCUT2D eigenvalue weighted by molar-refractivity contribution is 5.91. The third-order valence-electron chi connectivity index (χ3n) is 6.21. The molecule has 0 spiro atoms. The number of H-pyrrole nitrogens is 2. The van der Waals surface area contributed by atoms with Crippen LogP contribution in [0.15, 0.2) is 66.7 Å². The van der Waals surface area contributed by atoms with Gasteiger partial charge in [-0.15, -0.1) is 0 Å². The van der Waals surface area contributed by atoms with E-state index in [1.54, 1.807) is 0 Å². The molecule has 0 unspecified atom stereocenters. The van der Waals surface area contributed by atoms with Crippen molar-refractivity contribution in [1.82, 2.24) is 19.9 Å². The summed E-state index contributed by atoms with van der Waals surface area (Å²) in [4.78, 5) is 17.1. The fourth-order valence-corrected chi connectivity index (χ4v) is 4.77. The number of hydrogen-bond donors (Lipinski definition) is 2. The van der Waals surface area contributed by atoms with E-state index in [1.807, 2.05) is 6.07 Å². The molecule has 2 aliphatic rings. The van der Waals surface area contributed by atoms with Crippen LogP contribution in [0.4, 0.5) is 0 Å². The summed E-state index contributed by atoms with van der Waals surface area (Å²) < 4.78 is 0. The van der Waals surface area contributed by atoms with Crippen LogP contribution >= 0.6 is 0 Å². The van der Waals surface area contributed by atoms with E-state index in [1.165, 1.54) is 5.56 Å². The Morgan fingerprint density at radius 1 is 0.618 bits per heavy atom. The van der Waals surface area contributed by atoms with Crippen LogP contribution in [0, 0.1) is 0 Å². The lowest BCUT2D eigenvalue weighted by Gasteiger charge is -2.20. The van der Waals surface area contributed by atoms with Crippen LogP contribution in [0.25, 0.3) is 57.5 Å². The van der Waals surface area contributed by atoms with Crippen molar-refractivity contribution in [1.29, 1.82) is 0 Å².